The van der Waals surface area contributed by atoms with Crippen LogP contribution in [0.5, 0.6) is 0 Å². The Kier molecular flexibility index (Phi) is 5.15. The van der Waals surface area contributed by atoms with E-state index in [4.69, 9.17) is 0 Å². The molecule has 0 aliphatic carbocycles. The number of benzene rings is 2. The summed E-state index contributed by atoms with van der Waals surface area (Å²) >= 11 is 0. The van der Waals surface area contributed by atoms with Gasteiger partial charge in [0, 0.05) is 12.2 Å². The van der Waals surface area contributed by atoms with E-state index in [0.717, 1.165) is 33.5 Å². The van der Waals surface area contributed by atoms with Gasteiger partial charge in [-0.3, -0.25) is 9.78 Å². The number of H-pyrrole nitrogens is 1. The highest BCUT2D eigenvalue weighted by atomic mass is 16.2. The number of aryl methyl sites for hydroxylation is 1. The van der Waals surface area contributed by atoms with Gasteiger partial charge in [-0.1, -0.05) is 42.5 Å². The Morgan fingerprint density at radius 2 is 1.82 bits per heavy atom. The normalized spacial score (nSPS) is 10.9. The van der Waals surface area contributed by atoms with E-state index in [1.807, 2.05) is 78.6 Å². The molecule has 28 heavy (non-hydrogen) atoms. The van der Waals surface area contributed by atoms with Crippen LogP contribution in [0, 0.1) is 6.92 Å². The number of fused-ring (bicyclic) bond motifs is 1. The molecule has 0 atom stereocenters. The lowest BCUT2D eigenvalue weighted by Crippen LogP contribution is -2.31. The minimum Gasteiger partial charge on any atom is -0.345 e. The molecule has 0 aliphatic heterocycles. The van der Waals surface area contributed by atoms with Crippen LogP contribution < -0.4 is 0 Å². The average Bonchev–Trinajstić information content (AvgIpc) is 3.16. The molecule has 2 aromatic heterocycles. The first kappa shape index (κ1) is 17.9. The van der Waals surface area contributed by atoms with Crippen molar-refractivity contribution in [2.45, 2.75) is 26.4 Å². The predicted molar refractivity (Wildman–Crippen MR) is 109 cm³/mol. The van der Waals surface area contributed by atoms with Crippen LogP contribution in [0.15, 0.2) is 73.1 Å². The van der Waals surface area contributed by atoms with Gasteiger partial charge in [0.15, 0.2) is 0 Å². The lowest BCUT2D eigenvalue weighted by molar-refractivity contribution is -0.131. The minimum absolute atomic E-state index is 0.0750. The third-order valence-electron chi connectivity index (χ3n) is 4.71. The fourth-order valence-corrected chi connectivity index (χ4v) is 3.30. The summed E-state index contributed by atoms with van der Waals surface area (Å²) in [5.74, 6) is 0.0750. The molecule has 4 rings (SSSR count). The van der Waals surface area contributed by atoms with Gasteiger partial charge in [0.05, 0.1) is 36.0 Å². The molecule has 5 nitrogen and oxygen atoms in total. The van der Waals surface area contributed by atoms with Gasteiger partial charge in [0.1, 0.15) is 0 Å². The summed E-state index contributed by atoms with van der Waals surface area (Å²) in [5, 5.41) is 0. The Morgan fingerprint density at radius 3 is 2.64 bits per heavy atom. The first-order valence-electron chi connectivity index (χ1n) is 9.33. The third kappa shape index (κ3) is 4.26. The number of carbonyl (C=O) groups excluding carboxylic acids is 1. The Hall–Kier alpha value is -3.47. The largest absolute Gasteiger partial charge is 0.345 e. The van der Waals surface area contributed by atoms with E-state index in [9.17, 15) is 4.79 Å². The number of hydrogen-bond donors (Lipinski definition) is 1. The van der Waals surface area contributed by atoms with Crippen LogP contribution in [-0.2, 0) is 24.3 Å². The number of amides is 1. The summed E-state index contributed by atoms with van der Waals surface area (Å²) in [5.41, 5.74) is 5.77. The molecule has 0 fully saturated rings. The van der Waals surface area contributed by atoms with Crippen LogP contribution in [0.2, 0.25) is 0 Å². The maximum absolute atomic E-state index is 13.2. The number of nitrogens with zero attached hydrogens (tertiary/aromatic N) is 3. The monoisotopic (exact) mass is 370 g/mol. The molecule has 0 saturated carbocycles. The summed E-state index contributed by atoms with van der Waals surface area (Å²) in [7, 11) is 0. The SMILES string of the molecule is Cc1cccc(CN(Cc2ccccc2)C(=O)Cc2ccc3nc[nH]c3c2)n1. The number of aromatic amines is 1. The van der Waals surface area contributed by atoms with Crippen molar-refractivity contribution >= 4 is 16.9 Å². The van der Waals surface area contributed by atoms with Crippen LogP contribution >= 0.6 is 0 Å². The van der Waals surface area contributed by atoms with Crippen molar-refractivity contribution in [3.63, 3.8) is 0 Å². The van der Waals surface area contributed by atoms with Gasteiger partial charge in [0.2, 0.25) is 5.91 Å². The van der Waals surface area contributed by atoms with Gasteiger partial charge in [-0.05, 0) is 42.3 Å². The van der Waals surface area contributed by atoms with Crippen LogP contribution in [-0.4, -0.2) is 25.8 Å². The lowest BCUT2D eigenvalue weighted by atomic mass is 10.1. The summed E-state index contributed by atoms with van der Waals surface area (Å²) in [6.07, 6.45) is 2.01. The molecule has 140 valence electrons. The van der Waals surface area contributed by atoms with Crippen molar-refractivity contribution in [2.24, 2.45) is 0 Å². The molecule has 5 heteroatoms. The van der Waals surface area contributed by atoms with Crippen molar-refractivity contribution in [3.8, 4) is 0 Å². The van der Waals surface area contributed by atoms with Crippen LogP contribution in [0.1, 0.15) is 22.5 Å². The van der Waals surface area contributed by atoms with Gasteiger partial charge in [0.25, 0.3) is 0 Å². The molecule has 0 spiro atoms. The van der Waals surface area contributed by atoms with E-state index in [1.54, 1.807) is 6.33 Å². The quantitative estimate of drug-likeness (QED) is 0.557. The Bertz CT molecular complexity index is 1090. The standard InChI is InChI=1S/C23H22N4O/c1-17-6-5-9-20(26-17)15-27(14-18-7-3-2-4-8-18)23(28)13-19-10-11-21-22(12-19)25-16-24-21/h2-12,16H,13-15H2,1H3,(H,24,25). The molecular weight excluding hydrogens is 348 g/mol. The smallest absolute Gasteiger partial charge is 0.227 e. The number of imidazole rings is 1. The van der Waals surface area contributed by atoms with Crippen LogP contribution in [0.3, 0.4) is 0 Å². The zero-order valence-corrected chi connectivity index (χ0v) is 15.8. The summed E-state index contributed by atoms with van der Waals surface area (Å²) in [4.78, 5) is 26.9. The number of carbonyl (C=O) groups is 1. The van der Waals surface area contributed by atoms with E-state index in [0.29, 0.717) is 19.5 Å². The predicted octanol–water partition coefficient (Wildman–Crippen LogP) is 4.04. The number of hydrogen-bond acceptors (Lipinski definition) is 3. The highest BCUT2D eigenvalue weighted by molar-refractivity contribution is 5.81. The highest BCUT2D eigenvalue weighted by Gasteiger charge is 2.16. The van der Waals surface area contributed by atoms with Crippen molar-refractivity contribution < 1.29 is 4.79 Å². The van der Waals surface area contributed by atoms with E-state index < -0.39 is 0 Å². The zero-order chi connectivity index (χ0) is 19.3. The molecular formula is C23H22N4O. The van der Waals surface area contributed by atoms with Crippen molar-refractivity contribution in [1.29, 1.82) is 0 Å². The maximum atomic E-state index is 13.2. The fourth-order valence-electron chi connectivity index (χ4n) is 3.30. The highest BCUT2D eigenvalue weighted by Crippen LogP contribution is 2.15. The Balaban J connectivity index is 1.56. The Morgan fingerprint density at radius 1 is 0.964 bits per heavy atom. The topological polar surface area (TPSA) is 61.9 Å². The summed E-state index contributed by atoms with van der Waals surface area (Å²) in [6, 6.07) is 21.9. The molecule has 1 amide bonds. The second kappa shape index (κ2) is 8.05. The van der Waals surface area contributed by atoms with Crippen molar-refractivity contribution in [1.82, 2.24) is 19.9 Å². The molecule has 0 unspecified atom stereocenters. The molecule has 1 N–H and O–H groups in total. The summed E-state index contributed by atoms with van der Waals surface area (Å²) in [6.45, 7) is 3.01. The average molecular weight is 370 g/mol. The van der Waals surface area contributed by atoms with E-state index in [2.05, 4.69) is 15.0 Å². The number of rotatable bonds is 6. The second-order valence-corrected chi connectivity index (χ2v) is 6.94. The molecule has 2 aromatic carbocycles. The van der Waals surface area contributed by atoms with Gasteiger partial charge >= 0.3 is 0 Å². The van der Waals surface area contributed by atoms with Crippen LogP contribution in [0.25, 0.3) is 11.0 Å². The lowest BCUT2D eigenvalue weighted by Gasteiger charge is -2.23. The van der Waals surface area contributed by atoms with Gasteiger partial charge in [-0.2, -0.15) is 0 Å². The number of nitrogens with one attached hydrogen (secondary N) is 1. The Labute approximate surface area is 164 Å². The molecule has 4 aromatic rings. The molecule has 0 bridgehead atoms. The first-order chi connectivity index (χ1) is 13.7. The van der Waals surface area contributed by atoms with Crippen molar-refractivity contribution in [3.05, 3.63) is 95.6 Å². The van der Waals surface area contributed by atoms with Gasteiger partial charge in [-0.25, -0.2) is 4.98 Å². The maximum Gasteiger partial charge on any atom is 0.227 e. The molecule has 0 aliphatic rings. The van der Waals surface area contributed by atoms with Crippen LogP contribution in [0.4, 0.5) is 0 Å². The zero-order valence-electron chi connectivity index (χ0n) is 15.8. The third-order valence-corrected chi connectivity index (χ3v) is 4.71. The number of aromatic nitrogens is 3. The minimum atomic E-state index is 0.0750. The molecule has 0 radical (unpaired) electrons. The van der Waals surface area contributed by atoms with Crippen molar-refractivity contribution in [2.75, 3.05) is 0 Å². The van der Waals surface area contributed by atoms with Gasteiger partial charge in [-0.15, -0.1) is 0 Å². The molecule has 0 saturated heterocycles. The molecule has 2 heterocycles. The first-order valence-corrected chi connectivity index (χ1v) is 9.33. The van der Waals surface area contributed by atoms with E-state index in [1.165, 1.54) is 0 Å². The number of pyridine rings is 1. The fraction of sp³-hybridized carbons (Fsp3) is 0.174. The summed E-state index contributed by atoms with van der Waals surface area (Å²) < 4.78 is 0. The van der Waals surface area contributed by atoms with Gasteiger partial charge < -0.3 is 9.88 Å². The second-order valence-electron chi connectivity index (χ2n) is 6.94. The van der Waals surface area contributed by atoms with E-state index >= 15 is 0 Å². The van der Waals surface area contributed by atoms with E-state index in [-0.39, 0.29) is 5.91 Å².